The number of nitrogens with one attached hydrogen (secondary N) is 2. The van der Waals surface area contributed by atoms with Gasteiger partial charge in [-0.2, -0.15) is 0 Å². The molecule has 1 aromatic carbocycles. The second-order valence-corrected chi connectivity index (χ2v) is 4.14. The summed E-state index contributed by atoms with van der Waals surface area (Å²) in [5.74, 6) is 1.45. The van der Waals surface area contributed by atoms with Gasteiger partial charge in [0.25, 0.3) is 0 Å². The smallest absolute Gasteiger partial charge is 0.142 e. The van der Waals surface area contributed by atoms with Gasteiger partial charge in [-0.25, -0.2) is 0 Å². The Balaban J connectivity index is 2.76. The van der Waals surface area contributed by atoms with E-state index in [1.807, 2.05) is 7.05 Å². The summed E-state index contributed by atoms with van der Waals surface area (Å²) < 4.78 is 5.38. The van der Waals surface area contributed by atoms with Gasteiger partial charge in [0, 0.05) is 13.1 Å². The first-order valence-corrected chi connectivity index (χ1v) is 5.75. The normalized spacial score (nSPS) is 10.6. The van der Waals surface area contributed by atoms with Crippen LogP contribution < -0.4 is 15.4 Å². The van der Waals surface area contributed by atoms with Crippen molar-refractivity contribution < 1.29 is 4.74 Å². The number of anilines is 1. The van der Waals surface area contributed by atoms with Gasteiger partial charge in [-0.05, 0) is 30.7 Å². The molecule has 3 heteroatoms. The van der Waals surface area contributed by atoms with Gasteiger partial charge in [0.1, 0.15) is 5.75 Å². The van der Waals surface area contributed by atoms with Crippen LogP contribution in [0.4, 0.5) is 5.69 Å². The van der Waals surface area contributed by atoms with Crippen LogP contribution in [0, 0.1) is 0 Å². The van der Waals surface area contributed by atoms with E-state index in [4.69, 9.17) is 4.74 Å². The highest BCUT2D eigenvalue weighted by Crippen LogP contribution is 2.28. The number of hydrogen-bond donors (Lipinski definition) is 2. The van der Waals surface area contributed by atoms with Crippen molar-refractivity contribution in [3.8, 4) is 5.75 Å². The predicted molar refractivity (Wildman–Crippen MR) is 69.5 cm³/mol. The van der Waals surface area contributed by atoms with E-state index < -0.39 is 0 Å². The molecule has 0 aliphatic rings. The molecule has 0 radical (unpaired) electrons. The Morgan fingerprint density at radius 1 is 1.25 bits per heavy atom. The van der Waals surface area contributed by atoms with Crippen molar-refractivity contribution in [2.24, 2.45) is 0 Å². The molecule has 0 fully saturated rings. The number of ether oxygens (including phenoxy) is 1. The van der Waals surface area contributed by atoms with Crippen molar-refractivity contribution >= 4 is 5.69 Å². The molecule has 0 heterocycles. The zero-order valence-electron chi connectivity index (χ0n) is 10.6. The molecule has 0 bridgehead atoms. The van der Waals surface area contributed by atoms with Crippen LogP contribution >= 0.6 is 0 Å². The lowest BCUT2D eigenvalue weighted by molar-refractivity contribution is 0.415. The van der Waals surface area contributed by atoms with Gasteiger partial charge in [0.2, 0.25) is 0 Å². The Labute approximate surface area is 98.2 Å². The zero-order chi connectivity index (χ0) is 12.0. The molecule has 0 unspecified atom stereocenters. The molecular formula is C13H22N2O. The molecule has 1 rings (SSSR count). The highest BCUT2D eigenvalue weighted by molar-refractivity contribution is 5.58. The maximum Gasteiger partial charge on any atom is 0.142 e. The first-order valence-electron chi connectivity index (χ1n) is 5.75. The zero-order valence-corrected chi connectivity index (χ0v) is 10.6. The molecule has 0 atom stereocenters. The van der Waals surface area contributed by atoms with Crippen molar-refractivity contribution in [3.05, 3.63) is 23.8 Å². The standard InChI is InChI=1S/C13H22N2O/c1-10(2)11-5-6-12(13(9-11)16-4)15-8-7-14-3/h5-6,9-10,14-15H,7-8H2,1-4H3. The summed E-state index contributed by atoms with van der Waals surface area (Å²) in [5, 5.41) is 6.45. The fraction of sp³-hybridized carbons (Fsp3) is 0.538. The first-order chi connectivity index (χ1) is 7.69. The molecule has 1 aromatic rings. The molecule has 0 spiro atoms. The minimum atomic E-state index is 0.528. The largest absolute Gasteiger partial charge is 0.495 e. The topological polar surface area (TPSA) is 33.3 Å². The lowest BCUT2D eigenvalue weighted by Crippen LogP contribution is -2.18. The summed E-state index contributed by atoms with van der Waals surface area (Å²) in [6.45, 7) is 6.20. The van der Waals surface area contributed by atoms with E-state index >= 15 is 0 Å². The molecule has 2 N–H and O–H groups in total. The SMILES string of the molecule is CNCCNc1ccc(C(C)C)cc1OC. The van der Waals surface area contributed by atoms with Gasteiger partial charge < -0.3 is 15.4 Å². The highest BCUT2D eigenvalue weighted by Gasteiger charge is 2.05. The molecule has 90 valence electrons. The third-order valence-corrected chi connectivity index (χ3v) is 2.58. The summed E-state index contributed by atoms with van der Waals surface area (Å²) in [5.41, 5.74) is 2.36. The minimum Gasteiger partial charge on any atom is -0.495 e. The van der Waals surface area contributed by atoms with E-state index in [-0.39, 0.29) is 0 Å². The van der Waals surface area contributed by atoms with Gasteiger partial charge in [-0.3, -0.25) is 0 Å². The van der Waals surface area contributed by atoms with E-state index in [0.717, 1.165) is 24.5 Å². The van der Waals surface area contributed by atoms with Crippen LogP contribution in [0.2, 0.25) is 0 Å². The van der Waals surface area contributed by atoms with Gasteiger partial charge in [0.05, 0.1) is 12.8 Å². The Morgan fingerprint density at radius 2 is 2.00 bits per heavy atom. The average Bonchev–Trinajstić information content (AvgIpc) is 2.29. The Hall–Kier alpha value is -1.22. The fourth-order valence-electron chi connectivity index (χ4n) is 1.54. The number of likely N-dealkylation sites (N-methyl/N-ethyl adjacent to an activating group) is 1. The van der Waals surface area contributed by atoms with Gasteiger partial charge in [0.15, 0.2) is 0 Å². The summed E-state index contributed by atoms with van der Waals surface area (Å²) in [7, 11) is 3.66. The molecule has 0 aromatic heterocycles. The first kappa shape index (κ1) is 12.8. The highest BCUT2D eigenvalue weighted by atomic mass is 16.5. The van der Waals surface area contributed by atoms with Gasteiger partial charge >= 0.3 is 0 Å². The molecule has 3 nitrogen and oxygen atoms in total. The third kappa shape index (κ3) is 3.42. The fourth-order valence-corrected chi connectivity index (χ4v) is 1.54. The molecule has 0 saturated carbocycles. The lowest BCUT2D eigenvalue weighted by atomic mass is 10.0. The second kappa shape index (κ2) is 6.38. The molecular weight excluding hydrogens is 200 g/mol. The van der Waals surface area contributed by atoms with E-state index in [2.05, 4.69) is 42.7 Å². The summed E-state index contributed by atoms with van der Waals surface area (Å²) >= 11 is 0. The molecule has 16 heavy (non-hydrogen) atoms. The summed E-state index contributed by atoms with van der Waals surface area (Å²) in [4.78, 5) is 0. The van der Waals surface area contributed by atoms with Crippen molar-refractivity contribution in [1.29, 1.82) is 0 Å². The Morgan fingerprint density at radius 3 is 2.56 bits per heavy atom. The third-order valence-electron chi connectivity index (χ3n) is 2.58. The number of methoxy groups -OCH3 is 1. The Kier molecular flexibility index (Phi) is 5.12. The van der Waals surface area contributed by atoms with E-state index in [9.17, 15) is 0 Å². The van der Waals surface area contributed by atoms with Crippen molar-refractivity contribution in [2.75, 3.05) is 32.6 Å². The molecule has 0 aliphatic carbocycles. The van der Waals surface area contributed by atoms with Crippen LogP contribution in [-0.4, -0.2) is 27.2 Å². The van der Waals surface area contributed by atoms with Crippen LogP contribution in [0.5, 0.6) is 5.75 Å². The van der Waals surface area contributed by atoms with E-state index in [0.29, 0.717) is 5.92 Å². The monoisotopic (exact) mass is 222 g/mol. The molecule has 0 amide bonds. The lowest BCUT2D eigenvalue weighted by Gasteiger charge is -2.14. The maximum atomic E-state index is 5.38. The van der Waals surface area contributed by atoms with Crippen molar-refractivity contribution in [3.63, 3.8) is 0 Å². The number of hydrogen-bond acceptors (Lipinski definition) is 3. The Bertz CT molecular complexity index is 324. The van der Waals surface area contributed by atoms with E-state index in [1.54, 1.807) is 7.11 Å². The van der Waals surface area contributed by atoms with Crippen molar-refractivity contribution in [2.45, 2.75) is 19.8 Å². The molecule has 0 saturated heterocycles. The molecule has 0 aliphatic heterocycles. The summed E-state index contributed by atoms with van der Waals surface area (Å²) in [6.07, 6.45) is 0. The quantitative estimate of drug-likeness (QED) is 0.725. The van der Waals surface area contributed by atoms with Crippen LogP contribution in [0.15, 0.2) is 18.2 Å². The summed E-state index contributed by atoms with van der Waals surface area (Å²) in [6, 6.07) is 6.34. The van der Waals surface area contributed by atoms with Crippen LogP contribution in [0.1, 0.15) is 25.3 Å². The second-order valence-electron chi connectivity index (χ2n) is 4.14. The number of rotatable bonds is 6. The van der Waals surface area contributed by atoms with Gasteiger partial charge in [-0.1, -0.05) is 19.9 Å². The predicted octanol–water partition coefficient (Wildman–Crippen LogP) is 2.45. The van der Waals surface area contributed by atoms with Crippen LogP contribution in [0.25, 0.3) is 0 Å². The van der Waals surface area contributed by atoms with E-state index in [1.165, 1.54) is 5.56 Å². The average molecular weight is 222 g/mol. The minimum absolute atomic E-state index is 0.528. The van der Waals surface area contributed by atoms with Crippen molar-refractivity contribution in [1.82, 2.24) is 5.32 Å². The van der Waals surface area contributed by atoms with Crippen LogP contribution in [-0.2, 0) is 0 Å². The maximum absolute atomic E-state index is 5.38. The number of benzene rings is 1. The van der Waals surface area contributed by atoms with Crippen LogP contribution in [0.3, 0.4) is 0 Å². The van der Waals surface area contributed by atoms with Gasteiger partial charge in [-0.15, -0.1) is 0 Å².